The lowest BCUT2D eigenvalue weighted by Gasteiger charge is -2.16. The number of hydrogen-bond donors (Lipinski definition) is 3. The van der Waals surface area contributed by atoms with Crippen LogP contribution in [0.2, 0.25) is 5.02 Å². The molecular weight excluding hydrogens is 270 g/mol. The molecule has 0 saturated heterocycles. The van der Waals surface area contributed by atoms with Gasteiger partial charge in [-0.15, -0.1) is 11.3 Å². The Kier molecular flexibility index (Phi) is 4.13. The summed E-state index contributed by atoms with van der Waals surface area (Å²) in [6.45, 7) is 1.97. The monoisotopic (exact) mass is 283 g/mol. The molecule has 96 valence electrons. The molecule has 0 amide bonds. The summed E-state index contributed by atoms with van der Waals surface area (Å²) in [6.07, 6.45) is 2.16. The van der Waals surface area contributed by atoms with Crippen LogP contribution in [0.5, 0.6) is 0 Å². The summed E-state index contributed by atoms with van der Waals surface area (Å²) in [5.41, 5.74) is 10.3. The van der Waals surface area contributed by atoms with Crippen molar-refractivity contribution in [3.63, 3.8) is 0 Å². The number of nitrogens with one attached hydrogen (secondary N) is 1. The second kappa shape index (κ2) is 5.62. The molecule has 7 heteroatoms. The average molecular weight is 284 g/mol. The quantitative estimate of drug-likeness (QED) is 0.588. The number of rotatable bonds is 4. The lowest BCUT2D eigenvalue weighted by atomic mass is 10.0. The minimum Gasteiger partial charge on any atom is -0.383 e. The Morgan fingerprint density at radius 1 is 1.56 bits per heavy atom. The van der Waals surface area contributed by atoms with Crippen molar-refractivity contribution in [2.75, 3.05) is 5.73 Å². The van der Waals surface area contributed by atoms with Gasteiger partial charge in [-0.2, -0.15) is 0 Å². The van der Waals surface area contributed by atoms with E-state index in [2.05, 4.69) is 15.4 Å². The zero-order valence-electron chi connectivity index (χ0n) is 9.85. The number of hydrazine groups is 1. The van der Waals surface area contributed by atoms with Gasteiger partial charge in [0, 0.05) is 23.6 Å². The Bertz CT molecular complexity index is 542. The van der Waals surface area contributed by atoms with Crippen LogP contribution in [-0.4, -0.2) is 9.97 Å². The molecule has 0 aromatic carbocycles. The second-order valence-electron chi connectivity index (χ2n) is 3.91. The fourth-order valence-corrected chi connectivity index (χ4v) is 2.51. The van der Waals surface area contributed by atoms with E-state index in [-0.39, 0.29) is 6.04 Å². The standard InChI is InChI=1S/C11H14ClN5S/c1-6-16-8(5-18-6)3-10(17-14)9-2-7(12)4-15-11(9)13/h2,4-5,10,17H,3,14H2,1H3,(H2,13,15). The summed E-state index contributed by atoms with van der Waals surface area (Å²) >= 11 is 7.53. The van der Waals surface area contributed by atoms with Crippen molar-refractivity contribution in [2.24, 2.45) is 5.84 Å². The molecular formula is C11H14ClN5S. The van der Waals surface area contributed by atoms with Gasteiger partial charge in [0.1, 0.15) is 5.82 Å². The third kappa shape index (κ3) is 2.97. The van der Waals surface area contributed by atoms with Crippen molar-refractivity contribution in [1.29, 1.82) is 0 Å². The van der Waals surface area contributed by atoms with Crippen LogP contribution in [-0.2, 0) is 6.42 Å². The van der Waals surface area contributed by atoms with Crippen LogP contribution in [0.4, 0.5) is 5.82 Å². The van der Waals surface area contributed by atoms with Gasteiger partial charge in [-0.3, -0.25) is 11.3 Å². The molecule has 2 aromatic heterocycles. The number of nitrogens with zero attached hydrogens (tertiary/aromatic N) is 2. The van der Waals surface area contributed by atoms with Crippen molar-refractivity contribution in [3.05, 3.63) is 38.9 Å². The molecule has 2 rings (SSSR count). The number of aryl methyl sites for hydroxylation is 1. The molecule has 0 spiro atoms. The van der Waals surface area contributed by atoms with E-state index in [0.29, 0.717) is 17.3 Å². The van der Waals surface area contributed by atoms with Crippen LogP contribution in [0.25, 0.3) is 0 Å². The van der Waals surface area contributed by atoms with Gasteiger partial charge in [-0.05, 0) is 13.0 Å². The minimum absolute atomic E-state index is 0.155. The van der Waals surface area contributed by atoms with Gasteiger partial charge in [0.15, 0.2) is 0 Å². The molecule has 2 heterocycles. The number of hydrogen-bond acceptors (Lipinski definition) is 6. The number of nitrogens with two attached hydrogens (primary N) is 2. The van der Waals surface area contributed by atoms with E-state index in [1.807, 2.05) is 12.3 Å². The Morgan fingerprint density at radius 2 is 2.33 bits per heavy atom. The second-order valence-corrected chi connectivity index (χ2v) is 5.41. The number of halogens is 1. The first-order valence-electron chi connectivity index (χ1n) is 5.38. The van der Waals surface area contributed by atoms with E-state index >= 15 is 0 Å². The van der Waals surface area contributed by atoms with E-state index in [1.54, 1.807) is 17.4 Å². The molecule has 2 aromatic rings. The summed E-state index contributed by atoms with van der Waals surface area (Å²) in [5, 5.41) is 3.57. The predicted octanol–water partition coefficient (Wildman–Crippen LogP) is 1.83. The molecule has 5 nitrogen and oxygen atoms in total. The van der Waals surface area contributed by atoms with Gasteiger partial charge in [-0.1, -0.05) is 11.6 Å². The first-order chi connectivity index (χ1) is 8.60. The number of nitrogen functional groups attached to an aromatic ring is 1. The molecule has 0 fully saturated rings. The molecule has 5 N–H and O–H groups in total. The molecule has 0 aliphatic heterocycles. The highest BCUT2D eigenvalue weighted by molar-refractivity contribution is 7.09. The van der Waals surface area contributed by atoms with E-state index in [0.717, 1.165) is 16.3 Å². The minimum atomic E-state index is -0.155. The molecule has 18 heavy (non-hydrogen) atoms. The maximum atomic E-state index is 5.92. The van der Waals surface area contributed by atoms with E-state index in [4.69, 9.17) is 23.2 Å². The third-order valence-corrected chi connectivity index (χ3v) is 3.60. The topological polar surface area (TPSA) is 89.8 Å². The van der Waals surface area contributed by atoms with Gasteiger partial charge in [0.25, 0.3) is 0 Å². The Balaban J connectivity index is 2.25. The number of aromatic nitrogens is 2. The maximum absolute atomic E-state index is 5.92. The maximum Gasteiger partial charge on any atom is 0.128 e. The molecule has 1 atom stereocenters. The molecule has 0 saturated carbocycles. The zero-order chi connectivity index (χ0) is 13.1. The van der Waals surface area contributed by atoms with E-state index in [9.17, 15) is 0 Å². The van der Waals surface area contributed by atoms with E-state index < -0.39 is 0 Å². The summed E-state index contributed by atoms with van der Waals surface area (Å²) in [6, 6.07) is 1.62. The number of pyridine rings is 1. The van der Waals surface area contributed by atoms with Crippen LogP contribution in [0, 0.1) is 6.92 Å². The van der Waals surface area contributed by atoms with Gasteiger partial charge >= 0.3 is 0 Å². The van der Waals surface area contributed by atoms with Crippen molar-refractivity contribution in [3.8, 4) is 0 Å². The SMILES string of the molecule is Cc1nc(CC(NN)c2cc(Cl)cnc2N)cs1. The zero-order valence-corrected chi connectivity index (χ0v) is 11.4. The largest absolute Gasteiger partial charge is 0.383 e. The lowest BCUT2D eigenvalue weighted by molar-refractivity contribution is 0.547. The highest BCUT2D eigenvalue weighted by Gasteiger charge is 2.16. The fraction of sp³-hybridized carbons (Fsp3) is 0.273. The Hall–Kier alpha value is -1.21. The van der Waals surface area contributed by atoms with Crippen LogP contribution in [0.15, 0.2) is 17.6 Å². The van der Waals surface area contributed by atoms with Crippen LogP contribution < -0.4 is 17.0 Å². The van der Waals surface area contributed by atoms with Gasteiger partial charge in [-0.25, -0.2) is 9.97 Å². The predicted molar refractivity (Wildman–Crippen MR) is 74.3 cm³/mol. The normalized spacial score (nSPS) is 12.6. The lowest BCUT2D eigenvalue weighted by Crippen LogP contribution is -2.30. The van der Waals surface area contributed by atoms with Gasteiger partial charge in [0.05, 0.1) is 21.8 Å². The molecule has 0 aliphatic carbocycles. The molecule has 1 unspecified atom stereocenters. The fourth-order valence-electron chi connectivity index (χ4n) is 1.71. The molecule has 0 bridgehead atoms. The summed E-state index contributed by atoms with van der Waals surface area (Å²) in [7, 11) is 0. The molecule has 0 radical (unpaired) electrons. The van der Waals surface area contributed by atoms with Crippen LogP contribution >= 0.6 is 22.9 Å². The van der Waals surface area contributed by atoms with Crippen LogP contribution in [0.3, 0.4) is 0 Å². The van der Waals surface area contributed by atoms with E-state index in [1.165, 1.54) is 6.20 Å². The van der Waals surface area contributed by atoms with Crippen molar-refractivity contribution in [2.45, 2.75) is 19.4 Å². The number of thiazole rings is 1. The highest BCUT2D eigenvalue weighted by atomic mass is 35.5. The summed E-state index contributed by atoms with van der Waals surface area (Å²) in [5.74, 6) is 6.00. The number of anilines is 1. The first kappa shape index (κ1) is 13.2. The summed E-state index contributed by atoms with van der Waals surface area (Å²) < 4.78 is 0. The molecule has 0 aliphatic rings. The van der Waals surface area contributed by atoms with Crippen molar-refractivity contribution in [1.82, 2.24) is 15.4 Å². The summed E-state index contributed by atoms with van der Waals surface area (Å²) in [4.78, 5) is 8.43. The van der Waals surface area contributed by atoms with Gasteiger partial charge in [0.2, 0.25) is 0 Å². The van der Waals surface area contributed by atoms with Gasteiger partial charge < -0.3 is 5.73 Å². The smallest absolute Gasteiger partial charge is 0.128 e. The van der Waals surface area contributed by atoms with Crippen molar-refractivity contribution < 1.29 is 0 Å². The van der Waals surface area contributed by atoms with Crippen molar-refractivity contribution >= 4 is 28.8 Å². The van der Waals surface area contributed by atoms with Crippen LogP contribution in [0.1, 0.15) is 22.3 Å². The first-order valence-corrected chi connectivity index (χ1v) is 6.64. The third-order valence-electron chi connectivity index (χ3n) is 2.57. The highest BCUT2D eigenvalue weighted by Crippen LogP contribution is 2.25. The Labute approximate surface area is 114 Å². The Morgan fingerprint density at radius 3 is 2.94 bits per heavy atom. The average Bonchev–Trinajstić information content (AvgIpc) is 2.75.